The van der Waals surface area contributed by atoms with Crippen molar-refractivity contribution < 1.29 is 0 Å². The van der Waals surface area contributed by atoms with E-state index in [-0.39, 0.29) is 16.9 Å². The van der Waals surface area contributed by atoms with Gasteiger partial charge in [-0.2, -0.15) is 0 Å². The monoisotopic (exact) mass is 359 g/mol. The Balaban J connectivity index is 1.85. The zero-order valence-corrected chi connectivity index (χ0v) is 14.6. The first-order valence-corrected chi connectivity index (χ1v) is 8.54. The molecule has 1 N–H and O–H groups in total. The molecule has 0 radical (unpaired) electrons. The summed E-state index contributed by atoms with van der Waals surface area (Å²) in [6.07, 6.45) is 0. The lowest BCUT2D eigenvalue weighted by molar-refractivity contribution is 0.662. The second-order valence-corrected chi connectivity index (χ2v) is 6.49. The molecule has 0 spiro atoms. The fourth-order valence-corrected chi connectivity index (χ4v) is 3.34. The quantitative estimate of drug-likeness (QED) is 0.662. The summed E-state index contributed by atoms with van der Waals surface area (Å²) >= 11 is 1.29. The van der Waals surface area contributed by atoms with Crippen molar-refractivity contribution in [3.8, 4) is 0 Å². The van der Waals surface area contributed by atoms with Crippen molar-refractivity contribution in [2.75, 3.05) is 0 Å². The summed E-state index contributed by atoms with van der Waals surface area (Å²) in [5, 5.41) is 6.98. The van der Waals surface area contributed by atoms with Crippen LogP contribution in [0.4, 0.5) is 0 Å². The predicted octanol–water partition coefficient (Wildman–Crippen LogP) is 0.309. The van der Waals surface area contributed by atoms with E-state index in [0.29, 0.717) is 23.1 Å². The molecule has 9 heteroatoms. The number of rotatable bonds is 5. The van der Waals surface area contributed by atoms with Crippen LogP contribution in [0.25, 0.3) is 0 Å². The van der Waals surface area contributed by atoms with Gasteiger partial charge in [-0.15, -0.1) is 5.10 Å². The third kappa shape index (κ3) is 3.50. The lowest BCUT2D eigenvalue weighted by Gasteiger charge is -2.09. The standard InChI is InChI=1S/C16H17N5O3S/c1-19-12(8-13(22)20(2)16(19)24)10-25-15-18-17-14(23)21(15)9-11-6-4-3-5-7-11/h3-8H,9-10H2,1-2H3,(H,17,23). The summed E-state index contributed by atoms with van der Waals surface area (Å²) in [5.74, 6) is 0.348. The number of aromatic amines is 1. The van der Waals surface area contributed by atoms with Crippen LogP contribution in [-0.2, 0) is 26.4 Å². The first kappa shape index (κ1) is 17.0. The maximum Gasteiger partial charge on any atom is 0.344 e. The number of nitrogens with zero attached hydrogens (tertiary/aromatic N) is 4. The molecule has 0 saturated heterocycles. The molecule has 0 atom stereocenters. The van der Waals surface area contributed by atoms with E-state index in [0.717, 1.165) is 10.1 Å². The molecule has 0 aliphatic carbocycles. The summed E-state index contributed by atoms with van der Waals surface area (Å²) in [7, 11) is 3.05. The van der Waals surface area contributed by atoms with Gasteiger partial charge in [0.15, 0.2) is 5.16 Å². The van der Waals surface area contributed by atoms with Gasteiger partial charge in [-0.05, 0) is 5.56 Å². The van der Waals surface area contributed by atoms with Crippen molar-refractivity contribution in [3.63, 3.8) is 0 Å². The van der Waals surface area contributed by atoms with Crippen molar-refractivity contribution in [2.24, 2.45) is 14.1 Å². The van der Waals surface area contributed by atoms with E-state index >= 15 is 0 Å². The fourth-order valence-electron chi connectivity index (χ4n) is 2.37. The molecule has 25 heavy (non-hydrogen) atoms. The number of benzene rings is 1. The first-order valence-electron chi connectivity index (χ1n) is 7.55. The SMILES string of the molecule is Cn1c(CSc2n[nH]c(=O)n2Cc2ccccc2)cc(=O)n(C)c1=O. The summed E-state index contributed by atoms with van der Waals surface area (Å²) in [4.78, 5) is 35.8. The van der Waals surface area contributed by atoms with Gasteiger partial charge in [-0.1, -0.05) is 42.1 Å². The van der Waals surface area contributed by atoms with Crippen LogP contribution in [-0.4, -0.2) is 23.9 Å². The molecule has 3 rings (SSSR count). The van der Waals surface area contributed by atoms with E-state index in [2.05, 4.69) is 10.2 Å². The Morgan fingerprint density at radius 2 is 1.80 bits per heavy atom. The van der Waals surface area contributed by atoms with Gasteiger partial charge in [-0.3, -0.25) is 18.5 Å². The third-order valence-corrected chi connectivity index (χ3v) is 4.89. The van der Waals surface area contributed by atoms with Crippen molar-refractivity contribution >= 4 is 11.8 Å². The zero-order chi connectivity index (χ0) is 18.0. The van der Waals surface area contributed by atoms with Crippen molar-refractivity contribution in [1.29, 1.82) is 0 Å². The molecule has 2 heterocycles. The van der Waals surface area contributed by atoms with Crippen LogP contribution in [0.3, 0.4) is 0 Å². The smallest absolute Gasteiger partial charge is 0.300 e. The topological polar surface area (TPSA) is 94.7 Å². The minimum atomic E-state index is -0.383. The Labute approximate surface area is 146 Å². The summed E-state index contributed by atoms with van der Waals surface area (Å²) in [5.41, 5.74) is 0.507. The average molecular weight is 359 g/mol. The molecule has 0 amide bonds. The molecule has 1 aromatic carbocycles. The number of H-pyrrole nitrogens is 1. The predicted molar refractivity (Wildman–Crippen MR) is 94.9 cm³/mol. The Morgan fingerprint density at radius 1 is 1.08 bits per heavy atom. The molecule has 3 aromatic rings. The average Bonchev–Trinajstić information content (AvgIpc) is 2.96. The number of aromatic nitrogens is 5. The van der Waals surface area contributed by atoms with Crippen LogP contribution in [0, 0.1) is 0 Å². The van der Waals surface area contributed by atoms with Crippen molar-refractivity contribution in [3.05, 3.63) is 79.0 Å². The molecule has 2 aromatic heterocycles. The number of nitrogens with one attached hydrogen (secondary N) is 1. The van der Waals surface area contributed by atoms with Gasteiger partial charge in [0.25, 0.3) is 5.56 Å². The Hall–Kier alpha value is -2.81. The van der Waals surface area contributed by atoms with E-state index in [1.807, 2.05) is 30.3 Å². The second-order valence-electron chi connectivity index (χ2n) is 5.55. The van der Waals surface area contributed by atoms with Crippen LogP contribution in [0.5, 0.6) is 0 Å². The van der Waals surface area contributed by atoms with Crippen LogP contribution in [0.1, 0.15) is 11.3 Å². The van der Waals surface area contributed by atoms with Gasteiger partial charge >= 0.3 is 11.4 Å². The van der Waals surface area contributed by atoms with Gasteiger partial charge in [-0.25, -0.2) is 14.7 Å². The molecule has 130 valence electrons. The highest BCUT2D eigenvalue weighted by molar-refractivity contribution is 7.98. The molecule has 0 fully saturated rings. The largest absolute Gasteiger partial charge is 0.344 e. The summed E-state index contributed by atoms with van der Waals surface area (Å²) in [6, 6.07) is 11.0. The molecule has 0 unspecified atom stereocenters. The van der Waals surface area contributed by atoms with E-state index in [1.165, 1.54) is 34.0 Å². The minimum absolute atomic E-state index is 0.302. The van der Waals surface area contributed by atoms with E-state index < -0.39 is 0 Å². The normalized spacial score (nSPS) is 11.0. The van der Waals surface area contributed by atoms with E-state index in [4.69, 9.17) is 0 Å². The lowest BCUT2D eigenvalue weighted by atomic mass is 10.2. The van der Waals surface area contributed by atoms with Crippen LogP contribution in [0.15, 0.2) is 55.9 Å². The fraction of sp³-hybridized carbons (Fsp3) is 0.250. The molecular formula is C16H17N5O3S. The van der Waals surface area contributed by atoms with Gasteiger partial charge in [0.1, 0.15) is 0 Å². The zero-order valence-electron chi connectivity index (χ0n) is 13.8. The van der Waals surface area contributed by atoms with Gasteiger partial charge < -0.3 is 0 Å². The highest BCUT2D eigenvalue weighted by Gasteiger charge is 2.12. The molecule has 0 aliphatic rings. The van der Waals surface area contributed by atoms with Crippen molar-refractivity contribution in [1.82, 2.24) is 23.9 Å². The van der Waals surface area contributed by atoms with Gasteiger partial charge in [0, 0.05) is 31.6 Å². The maximum atomic E-state index is 12.0. The maximum absolute atomic E-state index is 12.0. The molecule has 8 nitrogen and oxygen atoms in total. The van der Waals surface area contributed by atoms with E-state index in [9.17, 15) is 14.4 Å². The highest BCUT2D eigenvalue weighted by Crippen LogP contribution is 2.19. The third-order valence-electron chi connectivity index (χ3n) is 3.88. The van der Waals surface area contributed by atoms with Gasteiger partial charge in [0.2, 0.25) is 0 Å². The Morgan fingerprint density at radius 3 is 2.52 bits per heavy atom. The molecule has 0 saturated carbocycles. The van der Waals surface area contributed by atoms with Crippen molar-refractivity contribution in [2.45, 2.75) is 17.5 Å². The molecule has 0 aliphatic heterocycles. The summed E-state index contributed by atoms with van der Waals surface area (Å²) in [6.45, 7) is 0.397. The first-order chi connectivity index (χ1) is 12.0. The second kappa shape index (κ2) is 6.98. The molecule has 0 bridgehead atoms. The Kier molecular flexibility index (Phi) is 4.75. The summed E-state index contributed by atoms with van der Waals surface area (Å²) < 4.78 is 3.99. The lowest BCUT2D eigenvalue weighted by Crippen LogP contribution is -2.37. The molecular weight excluding hydrogens is 342 g/mol. The van der Waals surface area contributed by atoms with Crippen LogP contribution in [0.2, 0.25) is 0 Å². The Bertz CT molecular complexity index is 1060. The number of thioether (sulfide) groups is 1. The number of hydrogen-bond donors (Lipinski definition) is 1. The van der Waals surface area contributed by atoms with Crippen LogP contribution >= 0.6 is 11.8 Å². The minimum Gasteiger partial charge on any atom is -0.300 e. The van der Waals surface area contributed by atoms with E-state index in [1.54, 1.807) is 7.05 Å². The van der Waals surface area contributed by atoms with Gasteiger partial charge in [0.05, 0.1) is 6.54 Å². The number of hydrogen-bond acceptors (Lipinski definition) is 5. The highest BCUT2D eigenvalue weighted by atomic mass is 32.2. The van der Waals surface area contributed by atoms with Crippen LogP contribution < -0.4 is 16.9 Å².